The van der Waals surface area contributed by atoms with Crippen LogP contribution < -0.4 is 0 Å². The molecule has 0 radical (unpaired) electrons. The number of hydrogen-bond acceptors (Lipinski definition) is 5. The Labute approximate surface area is 154 Å². The molecule has 142 valence electrons. The summed E-state index contributed by atoms with van der Waals surface area (Å²) < 4.78 is 5.14. The highest BCUT2D eigenvalue weighted by Gasteiger charge is 2.42. The van der Waals surface area contributed by atoms with Gasteiger partial charge in [-0.05, 0) is 39.2 Å². The molecule has 2 aliphatic rings. The van der Waals surface area contributed by atoms with Gasteiger partial charge < -0.3 is 14.5 Å². The second-order valence-electron chi connectivity index (χ2n) is 7.58. The summed E-state index contributed by atoms with van der Waals surface area (Å²) in [4.78, 5) is 37.6. The summed E-state index contributed by atoms with van der Waals surface area (Å²) in [6.45, 7) is 6.99. The molecule has 3 rings (SSSR count). The van der Waals surface area contributed by atoms with Crippen molar-refractivity contribution < 1.29 is 14.3 Å². The molecule has 3 heterocycles. The summed E-state index contributed by atoms with van der Waals surface area (Å²) in [5, 5.41) is 0. The largest absolute Gasteiger partial charge is 0.383 e. The van der Waals surface area contributed by atoms with E-state index in [2.05, 4.69) is 9.97 Å². The Morgan fingerprint density at radius 3 is 2.81 bits per heavy atom. The molecule has 7 nitrogen and oxygen atoms in total. The van der Waals surface area contributed by atoms with Gasteiger partial charge in [-0.1, -0.05) is 0 Å². The molecule has 1 unspecified atom stereocenters. The van der Waals surface area contributed by atoms with Crippen molar-refractivity contribution in [2.45, 2.75) is 39.5 Å². The second kappa shape index (κ2) is 7.70. The van der Waals surface area contributed by atoms with Gasteiger partial charge in [0.2, 0.25) is 5.91 Å². The van der Waals surface area contributed by atoms with E-state index in [9.17, 15) is 9.59 Å². The van der Waals surface area contributed by atoms with Crippen LogP contribution >= 0.6 is 0 Å². The first-order valence-electron chi connectivity index (χ1n) is 9.31. The zero-order valence-electron chi connectivity index (χ0n) is 16.0. The van der Waals surface area contributed by atoms with Crippen molar-refractivity contribution in [3.05, 3.63) is 23.3 Å². The lowest BCUT2D eigenvalue weighted by Gasteiger charge is -2.48. The van der Waals surface area contributed by atoms with E-state index in [1.807, 2.05) is 23.6 Å². The van der Waals surface area contributed by atoms with E-state index < -0.39 is 0 Å². The summed E-state index contributed by atoms with van der Waals surface area (Å²) in [5.74, 6) is 0.783. The summed E-state index contributed by atoms with van der Waals surface area (Å²) in [5.41, 5.74) is 1.27. The van der Waals surface area contributed by atoms with Gasteiger partial charge in [-0.25, -0.2) is 9.97 Å². The van der Waals surface area contributed by atoms with Gasteiger partial charge in [0.15, 0.2) is 0 Å². The highest BCUT2D eigenvalue weighted by Crippen LogP contribution is 2.39. The molecule has 1 atom stereocenters. The number of nitrogens with zero attached hydrogens (tertiary/aromatic N) is 4. The standard InChI is InChI=1S/C19H28N4O3/c1-14-11-16(21-15(2)20-14)18(25)23-8-4-6-19(13-23)7-5-17(24)22(12-19)9-10-26-3/h11H,4-10,12-13H2,1-3H3. The Morgan fingerprint density at radius 1 is 1.27 bits per heavy atom. The fourth-order valence-corrected chi connectivity index (χ4v) is 4.21. The minimum atomic E-state index is -0.0296. The molecule has 1 aromatic heterocycles. The quantitative estimate of drug-likeness (QED) is 0.815. The Hall–Kier alpha value is -2.02. The van der Waals surface area contributed by atoms with Crippen molar-refractivity contribution in [1.82, 2.24) is 19.8 Å². The van der Waals surface area contributed by atoms with E-state index in [1.165, 1.54) is 0 Å². The smallest absolute Gasteiger partial charge is 0.272 e. The van der Waals surface area contributed by atoms with Crippen LogP contribution in [0.2, 0.25) is 0 Å². The van der Waals surface area contributed by atoms with E-state index in [0.717, 1.165) is 31.5 Å². The molecule has 1 spiro atoms. The number of methoxy groups -OCH3 is 1. The third-order valence-corrected chi connectivity index (χ3v) is 5.45. The minimum Gasteiger partial charge on any atom is -0.383 e. The predicted molar refractivity (Wildman–Crippen MR) is 96.8 cm³/mol. The van der Waals surface area contributed by atoms with Gasteiger partial charge in [-0.3, -0.25) is 9.59 Å². The zero-order chi connectivity index (χ0) is 18.7. The topological polar surface area (TPSA) is 75.6 Å². The lowest BCUT2D eigenvalue weighted by Crippen LogP contribution is -2.55. The molecule has 7 heteroatoms. The monoisotopic (exact) mass is 360 g/mol. The number of aromatic nitrogens is 2. The van der Waals surface area contributed by atoms with Crippen molar-refractivity contribution >= 4 is 11.8 Å². The highest BCUT2D eigenvalue weighted by atomic mass is 16.5. The van der Waals surface area contributed by atoms with Crippen LogP contribution in [-0.2, 0) is 9.53 Å². The average molecular weight is 360 g/mol. The minimum absolute atomic E-state index is 0.00726. The molecule has 26 heavy (non-hydrogen) atoms. The third-order valence-electron chi connectivity index (χ3n) is 5.45. The second-order valence-corrected chi connectivity index (χ2v) is 7.58. The van der Waals surface area contributed by atoms with Crippen LogP contribution in [0.4, 0.5) is 0 Å². The van der Waals surface area contributed by atoms with Gasteiger partial charge in [0.25, 0.3) is 5.91 Å². The van der Waals surface area contributed by atoms with Crippen molar-refractivity contribution in [3.8, 4) is 0 Å². The first-order valence-corrected chi connectivity index (χ1v) is 9.31. The molecule has 1 aromatic rings. The molecule has 0 aliphatic carbocycles. The van der Waals surface area contributed by atoms with Gasteiger partial charge >= 0.3 is 0 Å². The summed E-state index contributed by atoms with van der Waals surface area (Å²) in [7, 11) is 1.65. The van der Waals surface area contributed by atoms with Crippen molar-refractivity contribution in [2.24, 2.45) is 5.41 Å². The molecule has 2 saturated heterocycles. The number of carbonyl (C=O) groups excluding carboxylic acids is 2. The molecule has 0 bridgehead atoms. The summed E-state index contributed by atoms with van der Waals surface area (Å²) in [6, 6.07) is 1.76. The first-order chi connectivity index (χ1) is 12.4. The average Bonchev–Trinajstić information content (AvgIpc) is 2.61. The van der Waals surface area contributed by atoms with Crippen LogP contribution in [0.25, 0.3) is 0 Å². The Balaban J connectivity index is 1.73. The molecule has 0 N–H and O–H groups in total. The zero-order valence-corrected chi connectivity index (χ0v) is 16.0. The van der Waals surface area contributed by atoms with Crippen molar-refractivity contribution in [2.75, 3.05) is 39.9 Å². The lowest BCUT2D eigenvalue weighted by atomic mass is 9.73. The van der Waals surface area contributed by atoms with Gasteiger partial charge in [0.05, 0.1) is 6.61 Å². The van der Waals surface area contributed by atoms with E-state index in [0.29, 0.717) is 44.2 Å². The highest BCUT2D eigenvalue weighted by molar-refractivity contribution is 5.92. The number of hydrogen-bond donors (Lipinski definition) is 0. The van der Waals surface area contributed by atoms with E-state index >= 15 is 0 Å². The van der Waals surface area contributed by atoms with E-state index in [4.69, 9.17) is 4.74 Å². The summed E-state index contributed by atoms with van der Waals surface area (Å²) in [6.07, 6.45) is 3.41. The van der Waals surface area contributed by atoms with Crippen molar-refractivity contribution in [3.63, 3.8) is 0 Å². The molecule has 2 aliphatic heterocycles. The fourth-order valence-electron chi connectivity index (χ4n) is 4.21. The Kier molecular flexibility index (Phi) is 5.55. The Morgan fingerprint density at radius 2 is 2.08 bits per heavy atom. The van der Waals surface area contributed by atoms with Gasteiger partial charge in [-0.15, -0.1) is 0 Å². The molecule has 0 aromatic carbocycles. The van der Waals surface area contributed by atoms with Crippen LogP contribution in [0.5, 0.6) is 0 Å². The van der Waals surface area contributed by atoms with Gasteiger partial charge in [-0.2, -0.15) is 0 Å². The van der Waals surface area contributed by atoms with Crippen LogP contribution in [0.15, 0.2) is 6.07 Å². The molecule has 2 fully saturated rings. The third kappa shape index (κ3) is 4.03. The number of piperidine rings is 2. The number of amides is 2. The fraction of sp³-hybridized carbons (Fsp3) is 0.684. The molecular weight excluding hydrogens is 332 g/mol. The van der Waals surface area contributed by atoms with Crippen molar-refractivity contribution in [1.29, 1.82) is 0 Å². The van der Waals surface area contributed by atoms with Crippen LogP contribution in [0.3, 0.4) is 0 Å². The number of rotatable bonds is 4. The lowest BCUT2D eigenvalue weighted by molar-refractivity contribution is -0.139. The van der Waals surface area contributed by atoms with Crippen LogP contribution in [-0.4, -0.2) is 71.5 Å². The Bertz CT molecular complexity index is 673. The molecule has 2 amide bonds. The maximum absolute atomic E-state index is 13.0. The van der Waals surface area contributed by atoms with E-state index in [-0.39, 0.29) is 17.2 Å². The molecule has 0 saturated carbocycles. The number of aryl methyl sites for hydroxylation is 2. The van der Waals surface area contributed by atoms with Gasteiger partial charge in [0.1, 0.15) is 11.5 Å². The normalized spacial score (nSPS) is 23.6. The number of likely N-dealkylation sites (tertiary alicyclic amines) is 2. The summed E-state index contributed by atoms with van der Waals surface area (Å²) >= 11 is 0. The molecular formula is C19H28N4O3. The maximum atomic E-state index is 13.0. The number of ether oxygens (including phenoxy) is 1. The van der Waals surface area contributed by atoms with Crippen LogP contribution in [0, 0.1) is 19.3 Å². The maximum Gasteiger partial charge on any atom is 0.272 e. The van der Waals surface area contributed by atoms with E-state index in [1.54, 1.807) is 13.2 Å². The first kappa shape index (κ1) is 18.8. The number of carbonyl (C=O) groups is 2. The van der Waals surface area contributed by atoms with Gasteiger partial charge in [0, 0.05) is 50.8 Å². The predicted octanol–water partition coefficient (Wildman–Crippen LogP) is 1.58. The van der Waals surface area contributed by atoms with Crippen LogP contribution in [0.1, 0.15) is 47.7 Å². The SMILES string of the molecule is COCCN1CC2(CCCN(C(=O)c3cc(C)nc(C)n3)C2)CCC1=O.